The van der Waals surface area contributed by atoms with E-state index < -0.39 is 0 Å². The van der Waals surface area contributed by atoms with Crippen LogP contribution in [0.3, 0.4) is 0 Å². The molecule has 1 atom stereocenters. The van der Waals surface area contributed by atoms with Gasteiger partial charge in [-0.15, -0.1) is 0 Å². The predicted molar refractivity (Wildman–Crippen MR) is 148 cm³/mol. The summed E-state index contributed by atoms with van der Waals surface area (Å²) in [6.45, 7) is 9.07. The molecule has 5 rings (SSSR count). The minimum absolute atomic E-state index is 0.0892. The summed E-state index contributed by atoms with van der Waals surface area (Å²) in [7, 11) is 0. The molecule has 3 nitrogen and oxygen atoms in total. The third-order valence-corrected chi connectivity index (χ3v) is 6.95. The Kier molecular flexibility index (Phi) is 6.49. The van der Waals surface area contributed by atoms with E-state index in [1.807, 2.05) is 42.5 Å². The van der Waals surface area contributed by atoms with E-state index in [0.29, 0.717) is 11.5 Å². The van der Waals surface area contributed by atoms with Crippen LogP contribution in [0.5, 0.6) is 0 Å². The van der Waals surface area contributed by atoms with Gasteiger partial charge in [-0.2, -0.15) is 0 Å². The van der Waals surface area contributed by atoms with E-state index in [-0.39, 0.29) is 18.0 Å². The third kappa shape index (κ3) is 4.97. The van der Waals surface area contributed by atoms with Crippen molar-refractivity contribution in [3.05, 3.63) is 112 Å². The van der Waals surface area contributed by atoms with Gasteiger partial charge in [-0.1, -0.05) is 100 Å². The largest absolute Gasteiger partial charge is 0.457 e. The van der Waals surface area contributed by atoms with Crippen LogP contribution in [-0.2, 0) is 23.2 Å². The van der Waals surface area contributed by atoms with Gasteiger partial charge in [-0.05, 0) is 64.1 Å². The lowest BCUT2D eigenvalue weighted by Crippen LogP contribution is -2.19. The van der Waals surface area contributed by atoms with Crippen LogP contribution in [0.4, 0.5) is 0 Å². The Morgan fingerprint density at radius 3 is 2.36 bits per heavy atom. The monoisotopic (exact) mass is 475 g/mol. The van der Waals surface area contributed by atoms with Gasteiger partial charge in [0.1, 0.15) is 6.61 Å². The van der Waals surface area contributed by atoms with Gasteiger partial charge in [0.15, 0.2) is 0 Å². The number of esters is 1. The van der Waals surface area contributed by atoms with Crippen LogP contribution in [0.2, 0.25) is 0 Å². The molecule has 0 saturated heterocycles. The molecule has 182 valence electrons. The van der Waals surface area contributed by atoms with Crippen molar-refractivity contribution in [3.8, 4) is 0 Å². The first-order valence-electron chi connectivity index (χ1n) is 12.7. The first-order valence-corrected chi connectivity index (χ1v) is 12.7. The normalized spacial score (nSPS) is 16.7. The minimum Gasteiger partial charge on any atom is -0.457 e. The molecule has 0 aliphatic heterocycles. The number of hydrogen-bond acceptors (Lipinski definition) is 3. The summed E-state index contributed by atoms with van der Waals surface area (Å²) in [6, 6.07) is 26.6. The van der Waals surface area contributed by atoms with Crippen LogP contribution >= 0.6 is 0 Å². The van der Waals surface area contributed by atoms with Crippen LogP contribution < -0.4 is 0 Å². The number of hydrogen-bond donors (Lipinski definition) is 0. The van der Waals surface area contributed by atoms with Crippen molar-refractivity contribution in [3.63, 3.8) is 0 Å². The molecule has 0 bridgehead atoms. The fourth-order valence-corrected chi connectivity index (χ4v) is 5.04. The predicted octanol–water partition coefficient (Wildman–Crippen LogP) is 8.01. The lowest BCUT2D eigenvalue weighted by atomic mass is 9.80. The highest BCUT2D eigenvalue weighted by Gasteiger charge is 2.29. The Morgan fingerprint density at radius 2 is 1.64 bits per heavy atom. The van der Waals surface area contributed by atoms with Gasteiger partial charge in [-0.3, -0.25) is 0 Å². The fourth-order valence-electron chi connectivity index (χ4n) is 5.04. The van der Waals surface area contributed by atoms with Crippen molar-refractivity contribution < 1.29 is 9.53 Å². The Labute approximate surface area is 213 Å². The summed E-state index contributed by atoms with van der Waals surface area (Å²) in [5.74, 6) is 0.129. The van der Waals surface area contributed by atoms with Crippen molar-refractivity contribution in [2.24, 2.45) is 5.92 Å². The van der Waals surface area contributed by atoms with Gasteiger partial charge in [0.25, 0.3) is 0 Å². The van der Waals surface area contributed by atoms with Crippen LogP contribution in [0.25, 0.3) is 22.6 Å². The SMILES string of the molecule is CC1CC(=Cc2ccccc2)c2nc3ccccc3c(C(=O)OCc3ccc(C(C)(C)C)cc3)c2C1. The van der Waals surface area contributed by atoms with Gasteiger partial charge in [0.05, 0.1) is 16.8 Å². The summed E-state index contributed by atoms with van der Waals surface area (Å²) in [5.41, 5.74) is 8.07. The number of nitrogens with zero attached hydrogens (tertiary/aromatic N) is 1. The summed E-state index contributed by atoms with van der Waals surface area (Å²) in [4.78, 5) is 18.7. The molecule has 1 unspecified atom stereocenters. The molecule has 0 spiro atoms. The molecule has 0 amide bonds. The highest BCUT2D eigenvalue weighted by Crippen LogP contribution is 2.38. The topological polar surface area (TPSA) is 39.2 Å². The molecule has 4 aromatic rings. The standard InChI is InChI=1S/C33H33NO2/c1-22-18-25(20-23-10-6-5-7-11-23)31-28(19-22)30(27-12-8-9-13-29(27)34-31)32(35)36-21-24-14-16-26(17-15-24)33(2,3)4/h5-17,20,22H,18-19,21H2,1-4H3. The second kappa shape index (κ2) is 9.73. The van der Waals surface area contributed by atoms with Crippen molar-refractivity contribution in [1.82, 2.24) is 4.98 Å². The first kappa shape index (κ1) is 24.0. The van der Waals surface area contributed by atoms with E-state index in [4.69, 9.17) is 9.72 Å². The number of carbonyl (C=O) groups is 1. The van der Waals surface area contributed by atoms with Gasteiger partial charge >= 0.3 is 5.97 Å². The summed E-state index contributed by atoms with van der Waals surface area (Å²) >= 11 is 0. The second-order valence-corrected chi connectivity index (χ2v) is 10.9. The Bertz CT molecular complexity index is 1430. The first-order chi connectivity index (χ1) is 17.3. The lowest BCUT2D eigenvalue weighted by Gasteiger charge is -2.26. The molecule has 0 saturated carbocycles. The average Bonchev–Trinajstić information content (AvgIpc) is 2.86. The van der Waals surface area contributed by atoms with Crippen LogP contribution in [0.1, 0.15) is 72.4 Å². The van der Waals surface area contributed by atoms with Gasteiger partial charge < -0.3 is 4.74 Å². The number of para-hydroxylation sites is 1. The summed E-state index contributed by atoms with van der Waals surface area (Å²) < 4.78 is 5.92. The van der Waals surface area contributed by atoms with Crippen molar-refractivity contribution in [2.75, 3.05) is 0 Å². The van der Waals surface area contributed by atoms with Crippen molar-refractivity contribution >= 4 is 28.5 Å². The number of carbonyl (C=O) groups excluding carboxylic acids is 1. The molecule has 0 fully saturated rings. The molecule has 1 aliphatic rings. The fraction of sp³-hybridized carbons (Fsp3) is 0.273. The van der Waals surface area contributed by atoms with Gasteiger partial charge in [0, 0.05) is 5.39 Å². The third-order valence-electron chi connectivity index (χ3n) is 6.95. The Hall–Kier alpha value is -3.72. The molecule has 1 aromatic heterocycles. The van der Waals surface area contributed by atoms with Crippen LogP contribution in [0.15, 0.2) is 78.9 Å². The van der Waals surface area contributed by atoms with E-state index in [1.165, 1.54) is 11.1 Å². The Balaban J connectivity index is 1.52. The van der Waals surface area contributed by atoms with E-state index in [0.717, 1.165) is 46.1 Å². The summed E-state index contributed by atoms with van der Waals surface area (Å²) in [5, 5.41) is 0.859. The smallest absolute Gasteiger partial charge is 0.339 e. The van der Waals surface area contributed by atoms with Crippen molar-refractivity contribution in [1.29, 1.82) is 0 Å². The van der Waals surface area contributed by atoms with E-state index in [9.17, 15) is 4.79 Å². The van der Waals surface area contributed by atoms with Gasteiger partial charge in [-0.25, -0.2) is 9.78 Å². The molecule has 1 heterocycles. The lowest BCUT2D eigenvalue weighted by molar-refractivity contribution is 0.0473. The highest BCUT2D eigenvalue weighted by molar-refractivity contribution is 6.06. The maximum atomic E-state index is 13.6. The molecule has 3 heteroatoms. The number of aromatic nitrogens is 1. The Morgan fingerprint density at radius 1 is 0.944 bits per heavy atom. The quantitative estimate of drug-likeness (QED) is 0.281. The maximum Gasteiger partial charge on any atom is 0.339 e. The number of allylic oxidation sites excluding steroid dienone is 1. The molecule has 0 N–H and O–H groups in total. The van der Waals surface area contributed by atoms with E-state index in [1.54, 1.807) is 0 Å². The minimum atomic E-state index is -0.280. The zero-order chi connectivity index (χ0) is 25.3. The zero-order valence-electron chi connectivity index (χ0n) is 21.5. The number of fused-ring (bicyclic) bond motifs is 2. The number of ether oxygens (including phenoxy) is 1. The molecular formula is C33H33NO2. The number of benzene rings is 3. The zero-order valence-corrected chi connectivity index (χ0v) is 21.5. The molecule has 36 heavy (non-hydrogen) atoms. The van der Waals surface area contributed by atoms with E-state index in [2.05, 4.69) is 70.2 Å². The van der Waals surface area contributed by atoms with Crippen molar-refractivity contribution in [2.45, 2.75) is 52.6 Å². The van der Waals surface area contributed by atoms with Crippen LogP contribution in [0, 0.1) is 5.92 Å². The maximum absolute atomic E-state index is 13.6. The van der Waals surface area contributed by atoms with Gasteiger partial charge in [0.2, 0.25) is 0 Å². The highest BCUT2D eigenvalue weighted by atomic mass is 16.5. The van der Waals surface area contributed by atoms with Crippen LogP contribution in [-0.4, -0.2) is 11.0 Å². The number of rotatable bonds is 4. The molecule has 3 aromatic carbocycles. The molecular weight excluding hydrogens is 442 g/mol. The van der Waals surface area contributed by atoms with E-state index >= 15 is 0 Å². The summed E-state index contributed by atoms with van der Waals surface area (Å²) in [6.07, 6.45) is 3.95. The second-order valence-electron chi connectivity index (χ2n) is 10.9. The molecule has 0 radical (unpaired) electrons. The number of pyridine rings is 1. The average molecular weight is 476 g/mol. The molecule has 1 aliphatic carbocycles.